The number of hydrogen-bond donors (Lipinski definition) is 2. The van der Waals surface area contributed by atoms with Crippen molar-refractivity contribution in [3.8, 4) is 0 Å². The Morgan fingerprint density at radius 2 is 2.05 bits per heavy atom. The van der Waals surface area contributed by atoms with E-state index in [0.29, 0.717) is 12.6 Å². The van der Waals surface area contributed by atoms with Gasteiger partial charge in [0, 0.05) is 26.2 Å². The maximum absolute atomic E-state index is 5.67. The molecule has 2 unspecified atom stereocenters. The van der Waals surface area contributed by atoms with E-state index in [0.717, 1.165) is 37.9 Å². The van der Waals surface area contributed by atoms with Crippen LogP contribution in [0.1, 0.15) is 31.7 Å². The maximum Gasteiger partial charge on any atom is 0.191 e. The minimum absolute atomic E-state index is 0.616. The molecule has 0 saturated heterocycles. The van der Waals surface area contributed by atoms with Crippen molar-refractivity contribution in [1.29, 1.82) is 0 Å². The summed E-state index contributed by atoms with van der Waals surface area (Å²) < 4.78 is 5.67. The van der Waals surface area contributed by atoms with Gasteiger partial charge in [-0.15, -0.1) is 0 Å². The monoisotopic (exact) mass is 289 g/mol. The molecular formula is C17H27N3O. The summed E-state index contributed by atoms with van der Waals surface area (Å²) in [7, 11) is 1.82. The number of unbranched alkanes of at least 4 members (excludes halogenated alkanes) is 1. The summed E-state index contributed by atoms with van der Waals surface area (Å²) in [6, 6.07) is 10.9. The number of ether oxygens (including phenoxy) is 1. The zero-order valence-electron chi connectivity index (χ0n) is 13.1. The lowest BCUT2D eigenvalue weighted by molar-refractivity contribution is 0.117. The van der Waals surface area contributed by atoms with E-state index < -0.39 is 0 Å². The zero-order chi connectivity index (χ0) is 14.9. The van der Waals surface area contributed by atoms with Crippen LogP contribution in [0.4, 0.5) is 0 Å². The van der Waals surface area contributed by atoms with Crippen LogP contribution < -0.4 is 10.6 Å². The van der Waals surface area contributed by atoms with E-state index in [2.05, 4.69) is 34.7 Å². The summed E-state index contributed by atoms with van der Waals surface area (Å²) in [4.78, 5) is 4.24. The van der Waals surface area contributed by atoms with Gasteiger partial charge in [0.2, 0.25) is 0 Å². The van der Waals surface area contributed by atoms with Crippen molar-refractivity contribution in [2.24, 2.45) is 10.9 Å². The van der Waals surface area contributed by atoms with Gasteiger partial charge >= 0.3 is 0 Å². The third-order valence-electron chi connectivity index (χ3n) is 3.77. The predicted octanol–water partition coefficient (Wildman–Crippen LogP) is 2.56. The first-order valence-electron chi connectivity index (χ1n) is 7.88. The van der Waals surface area contributed by atoms with Crippen molar-refractivity contribution in [1.82, 2.24) is 10.6 Å². The Hall–Kier alpha value is -1.55. The van der Waals surface area contributed by atoms with E-state index in [1.54, 1.807) is 0 Å². The lowest BCUT2D eigenvalue weighted by Crippen LogP contribution is -2.39. The van der Waals surface area contributed by atoms with Crippen molar-refractivity contribution in [2.45, 2.75) is 38.8 Å². The first-order valence-corrected chi connectivity index (χ1v) is 7.88. The molecule has 1 aromatic rings. The second-order valence-corrected chi connectivity index (χ2v) is 5.71. The van der Waals surface area contributed by atoms with E-state index in [1.807, 2.05) is 25.2 Å². The number of rotatable bonds is 8. The van der Waals surface area contributed by atoms with Crippen LogP contribution in [0.15, 0.2) is 35.3 Å². The molecule has 0 aliphatic heterocycles. The molecule has 2 N–H and O–H groups in total. The minimum atomic E-state index is 0.616. The second-order valence-electron chi connectivity index (χ2n) is 5.71. The van der Waals surface area contributed by atoms with Crippen LogP contribution in [0.25, 0.3) is 0 Å². The molecule has 1 fully saturated rings. The molecule has 0 bridgehead atoms. The molecule has 2 atom stereocenters. The van der Waals surface area contributed by atoms with Gasteiger partial charge in [-0.2, -0.15) is 0 Å². The molecule has 0 heterocycles. The van der Waals surface area contributed by atoms with Gasteiger partial charge in [0.25, 0.3) is 0 Å². The Kier molecular flexibility index (Phi) is 6.54. The first-order chi connectivity index (χ1) is 10.3. The highest BCUT2D eigenvalue weighted by molar-refractivity contribution is 5.80. The predicted molar refractivity (Wildman–Crippen MR) is 87.4 cm³/mol. The van der Waals surface area contributed by atoms with E-state index in [4.69, 9.17) is 4.74 Å². The highest BCUT2D eigenvalue weighted by Crippen LogP contribution is 2.28. The number of aliphatic imine (C=N–C) groups is 1. The van der Waals surface area contributed by atoms with E-state index in [9.17, 15) is 0 Å². The van der Waals surface area contributed by atoms with Gasteiger partial charge in [-0.3, -0.25) is 4.99 Å². The van der Waals surface area contributed by atoms with Gasteiger partial charge in [0.1, 0.15) is 0 Å². The highest BCUT2D eigenvalue weighted by Gasteiger charge is 2.32. The second kappa shape index (κ2) is 8.67. The maximum atomic E-state index is 5.67. The van der Waals surface area contributed by atoms with Crippen LogP contribution in [0, 0.1) is 5.92 Å². The van der Waals surface area contributed by atoms with Crippen LogP contribution in [0.3, 0.4) is 0 Å². The number of guanidine groups is 1. The quantitative estimate of drug-likeness (QED) is 0.439. The molecule has 116 valence electrons. The molecule has 4 nitrogen and oxygen atoms in total. The first kappa shape index (κ1) is 15.8. The van der Waals surface area contributed by atoms with Crippen LogP contribution in [0.2, 0.25) is 0 Å². The summed E-state index contributed by atoms with van der Waals surface area (Å²) in [6.07, 6.45) is 3.42. The number of benzene rings is 1. The third-order valence-corrected chi connectivity index (χ3v) is 3.77. The van der Waals surface area contributed by atoms with Gasteiger partial charge in [0.15, 0.2) is 5.96 Å². The van der Waals surface area contributed by atoms with Crippen molar-refractivity contribution in [2.75, 3.05) is 20.2 Å². The third kappa shape index (κ3) is 6.17. The van der Waals surface area contributed by atoms with Crippen LogP contribution in [0.5, 0.6) is 0 Å². The normalized spacial score (nSPS) is 21.1. The summed E-state index contributed by atoms with van der Waals surface area (Å²) in [5, 5.41) is 6.77. The van der Waals surface area contributed by atoms with Gasteiger partial charge in [-0.1, -0.05) is 37.3 Å². The summed E-state index contributed by atoms with van der Waals surface area (Å²) in [5.41, 5.74) is 1.23. The summed E-state index contributed by atoms with van der Waals surface area (Å²) in [6.45, 7) is 4.71. The van der Waals surface area contributed by atoms with Gasteiger partial charge in [0.05, 0.1) is 6.61 Å². The topological polar surface area (TPSA) is 45.7 Å². The van der Waals surface area contributed by atoms with E-state index in [-0.39, 0.29) is 0 Å². The molecule has 21 heavy (non-hydrogen) atoms. The lowest BCUT2D eigenvalue weighted by Gasteiger charge is -2.11. The summed E-state index contributed by atoms with van der Waals surface area (Å²) >= 11 is 0. The Morgan fingerprint density at radius 3 is 2.71 bits per heavy atom. The molecule has 2 rings (SSSR count). The Labute approximate surface area is 128 Å². The van der Waals surface area contributed by atoms with Gasteiger partial charge in [-0.25, -0.2) is 0 Å². The van der Waals surface area contributed by atoms with E-state index >= 15 is 0 Å². The number of nitrogens with one attached hydrogen (secondary N) is 2. The Morgan fingerprint density at radius 1 is 1.29 bits per heavy atom. The highest BCUT2D eigenvalue weighted by atomic mass is 16.5. The molecule has 1 aliphatic rings. The van der Waals surface area contributed by atoms with E-state index in [1.165, 1.54) is 12.0 Å². The SMILES string of the molecule is CN=C(NCCCCOCc1ccccc1)NC1CC1C. The molecule has 1 aliphatic carbocycles. The number of hydrogen-bond acceptors (Lipinski definition) is 2. The minimum Gasteiger partial charge on any atom is -0.377 e. The number of nitrogens with zero attached hydrogens (tertiary/aromatic N) is 1. The van der Waals surface area contributed by atoms with Crippen molar-refractivity contribution in [3.05, 3.63) is 35.9 Å². The van der Waals surface area contributed by atoms with Crippen LogP contribution >= 0.6 is 0 Å². The molecule has 0 radical (unpaired) electrons. The zero-order valence-corrected chi connectivity index (χ0v) is 13.1. The Bertz CT molecular complexity index is 433. The average Bonchev–Trinajstić information content (AvgIpc) is 3.21. The van der Waals surface area contributed by atoms with Crippen molar-refractivity contribution in [3.63, 3.8) is 0 Å². The smallest absolute Gasteiger partial charge is 0.191 e. The van der Waals surface area contributed by atoms with Crippen molar-refractivity contribution >= 4 is 5.96 Å². The fourth-order valence-electron chi connectivity index (χ4n) is 2.19. The molecule has 0 aromatic heterocycles. The molecule has 0 spiro atoms. The molecule has 1 aromatic carbocycles. The Balaban J connectivity index is 1.46. The summed E-state index contributed by atoms with van der Waals surface area (Å²) in [5.74, 6) is 1.71. The molecule has 0 amide bonds. The largest absolute Gasteiger partial charge is 0.377 e. The lowest BCUT2D eigenvalue weighted by atomic mass is 10.2. The average molecular weight is 289 g/mol. The molecular weight excluding hydrogens is 262 g/mol. The molecule has 1 saturated carbocycles. The molecule has 4 heteroatoms. The standard InChI is InChI=1S/C17H27N3O/c1-14-12-16(14)20-17(18-2)19-10-6-7-11-21-13-15-8-4-3-5-9-15/h3-5,8-9,14,16H,6-7,10-13H2,1-2H3,(H2,18,19,20). The van der Waals surface area contributed by atoms with Gasteiger partial charge in [-0.05, 0) is 30.7 Å². The van der Waals surface area contributed by atoms with Gasteiger partial charge < -0.3 is 15.4 Å². The fourth-order valence-corrected chi connectivity index (χ4v) is 2.19. The van der Waals surface area contributed by atoms with Crippen LogP contribution in [-0.4, -0.2) is 32.2 Å². The fraction of sp³-hybridized carbons (Fsp3) is 0.588. The van der Waals surface area contributed by atoms with Crippen LogP contribution in [-0.2, 0) is 11.3 Å². The van der Waals surface area contributed by atoms with Crippen molar-refractivity contribution < 1.29 is 4.74 Å².